The van der Waals surface area contributed by atoms with Gasteiger partial charge < -0.3 is 10.1 Å². The van der Waals surface area contributed by atoms with Crippen LogP contribution < -0.4 is 10.0 Å². The highest BCUT2D eigenvalue weighted by Gasteiger charge is 2.17. The summed E-state index contributed by atoms with van der Waals surface area (Å²) < 4.78 is 31.3. The molecule has 0 fully saturated rings. The first kappa shape index (κ1) is 20.6. The SMILES string of the molecule is CCNS(=O)(=O)c1ccc(C)c(C(=O)NCc2ccc(C(=O)OC)cc2)c1. The molecule has 2 aromatic carbocycles. The number of esters is 1. The highest BCUT2D eigenvalue weighted by atomic mass is 32.2. The predicted molar refractivity (Wildman–Crippen MR) is 101 cm³/mol. The van der Waals surface area contributed by atoms with E-state index in [0.717, 1.165) is 5.56 Å². The molecule has 2 aromatic rings. The smallest absolute Gasteiger partial charge is 0.337 e. The van der Waals surface area contributed by atoms with E-state index < -0.39 is 16.0 Å². The fraction of sp³-hybridized carbons (Fsp3) is 0.263. The summed E-state index contributed by atoms with van der Waals surface area (Å²) in [4.78, 5) is 24.0. The van der Waals surface area contributed by atoms with Gasteiger partial charge in [0.25, 0.3) is 5.91 Å². The van der Waals surface area contributed by atoms with Crippen molar-refractivity contribution in [1.29, 1.82) is 0 Å². The van der Waals surface area contributed by atoms with Crippen molar-refractivity contribution >= 4 is 21.9 Å². The minimum atomic E-state index is -3.64. The maximum Gasteiger partial charge on any atom is 0.337 e. The van der Waals surface area contributed by atoms with Gasteiger partial charge in [-0.15, -0.1) is 0 Å². The van der Waals surface area contributed by atoms with Crippen LogP contribution in [0.15, 0.2) is 47.4 Å². The number of methoxy groups -OCH3 is 1. The number of carbonyl (C=O) groups excluding carboxylic acids is 2. The summed E-state index contributed by atoms with van der Waals surface area (Å²) in [5, 5.41) is 2.76. The van der Waals surface area contributed by atoms with Crippen LogP contribution in [-0.2, 0) is 21.3 Å². The fourth-order valence-electron chi connectivity index (χ4n) is 2.44. The van der Waals surface area contributed by atoms with Gasteiger partial charge in [0.2, 0.25) is 10.0 Å². The first-order valence-corrected chi connectivity index (χ1v) is 9.82. The van der Waals surface area contributed by atoms with Crippen LogP contribution in [0.5, 0.6) is 0 Å². The molecule has 2 rings (SSSR count). The highest BCUT2D eigenvalue weighted by molar-refractivity contribution is 7.89. The van der Waals surface area contributed by atoms with Gasteiger partial charge in [0.15, 0.2) is 0 Å². The maximum absolute atomic E-state index is 12.5. The van der Waals surface area contributed by atoms with Gasteiger partial charge in [-0.25, -0.2) is 17.9 Å². The van der Waals surface area contributed by atoms with Crippen LogP contribution in [0.2, 0.25) is 0 Å². The summed E-state index contributed by atoms with van der Waals surface area (Å²) in [6.45, 7) is 3.93. The lowest BCUT2D eigenvalue weighted by molar-refractivity contribution is 0.0600. The molecule has 144 valence electrons. The van der Waals surface area contributed by atoms with Crippen LogP contribution in [0.1, 0.15) is 38.8 Å². The first-order valence-electron chi connectivity index (χ1n) is 8.34. The molecular formula is C19H22N2O5S. The normalized spacial score (nSPS) is 11.1. The third-order valence-electron chi connectivity index (χ3n) is 3.93. The Hall–Kier alpha value is -2.71. The zero-order chi connectivity index (χ0) is 20.0. The molecule has 1 amide bonds. The van der Waals surface area contributed by atoms with Crippen LogP contribution in [0.4, 0.5) is 0 Å². The van der Waals surface area contributed by atoms with Gasteiger partial charge in [-0.1, -0.05) is 25.1 Å². The summed E-state index contributed by atoms with van der Waals surface area (Å²) in [6.07, 6.45) is 0. The van der Waals surface area contributed by atoms with Crippen molar-refractivity contribution in [3.63, 3.8) is 0 Å². The molecular weight excluding hydrogens is 368 g/mol. The van der Waals surface area contributed by atoms with E-state index in [1.807, 2.05) is 0 Å². The average molecular weight is 390 g/mol. The average Bonchev–Trinajstić information content (AvgIpc) is 2.66. The zero-order valence-electron chi connectivity index (χ0n) is 15.4. The molecule has 0 aliphatic carbocycles. The van der Waals surface area contributed by atoms with E-state index >= 15 is 0 Å². The van der Waals surface area contributed by atoms with Crippen LogP contribution in [0.3, 0.4) is 0 Å². The molecule has 0 saturated heterocycles. The van der Waals surface area contributed by atoms with Gasteiger partial charge in [-0.05, 0) is 42.3 Å². The van der Waals surface area contributed by atoms with E-state index in [1.165, 1.54) is 19.2 Å². The number of amides is 1. The van der Waals surface area contributed by atoms with Crippen molar-refractivity contribution in [2.24, 2.45) is 0 Å². The van der Waals surface area contributed by atoms with Crippen molar-refractivity contribution in [2.45, 2.75) is 25.3 Å². The number of hydrogen-bond donors (Lipinski definition) is 2. The Bertz CT molecular complexity index is 937. The van der Waals surface area contributed by atoms with Crippen LogP contribution >= 0.6 is 0 Å². The fourth-order valence-corrected chi connectivity index (χ4v) is 3.51. The van der Waals surface area contributed by atoms with E-state index in [4.69, 9.17) is 0 Å². The van der Waals surface area contributed by atoms with Crippen LogP contribution in [-0.4, -0.2) is 33.9 Å². The molecule has 0 saturated carbocycles. The number of nitrogens with one attached hydrogen (secondary N) is 2. The number of carbonyl (C=O) groups is 2. The minimum absolute atomic E-state index is 0.0440. The van der Waals surface area contributed by atoms with Crippen molar-refractivity contribution in [1.82, 2.24) is 10.0 Å². The van der Waals surface area contributed by atoms with E-state index in [2.05, 4.69) is 14.8 Å². The topological polar surface area (TPSA) is 102 Å². The van der Waals surface area contributed by atoms with Crippen molar-refractivity contribution in [2.75, 3.05) is 13.7 Å². The lowest BCUT2D eigenvalue weighted by Crippen LogP contribution is -2.26. The molecule has 0 bridgehead atoms. The van der Waals surface area contributed by atoms with Crippen LogP contribution in [0, 0.1) is 6.92 Å². The third-order valence-corrected chi connectivity index (χ3v) is 5.47. The van der Waals surface area contributed by atoms with E-state index in [-0.39, 0.29) is 23.9 Å². The molecule has 0 unspecified atom stereocenters. The Morgan fingerprint density at radius 1 is 1.07 bits per heavy atom. The number of ether oxygens (including phenoxy) is 1. The Labute approximate surface area is 158 Å². The van der Waals surface area contributed by atoms with Gasteiger partial charge >= 0.3 is 5.97 Å². The van der Waals surface area contributed by atoms with Crippen molar-refractivity contribution in [3.8, 4) is 0 Å². The third kappa shape index (κ3) is 5.15. The number of rotatable bonds is 7. The van der Waals surface area contributed by atoms with E-state index in [1.54, 1.807) is 44.2 Å². The second kappa shape index (κ2) is 8.79. The Morgan fingerprint density at radius 2 is 1.74 bits per heavy atom. The Balaban J connectivity index is 2.13. The number of benzene rings is 2. The largest absolute Gasteiger partial charge is 0.465 e. The van der Waals surface area contributed by atoms with Gasteiger partial charge in [-0.2, -0.15) is 0 Å². The van der Waals surface area contributed by atoms with Gasteiger partial charge in [0, 0.05) is 18.7 Å². The second-order valence-corrected chi connectivity index (χ2v) is 7.62. The molecule has 0 aliphatic rings. The zero-order valence-corrected chi connectivity index (χ0v) is 16.2. The van der Waals surface area contributed by atoms with Gasteiger partial charge in [-0.3, -0.25) is 4.79 Å². The molecule has 0 aliphatic heterocycles. The number of hydrogen-bond acceptors (Lipinski definition) is 5. The lowest BCUT2D eigenvalue weighted by atomic mass is 10.1. The summed E-state index contributed by atoms with van der Waals surface area (Å²) >= 11 is 0. The molecule has 0 aromatic heterocycles. The number of sulfonamides is 1. The summed E-state index contributed by atoms with van der Waals surface area (Å²) in [6, 6.07) is 11.1. The summed E-state index contributed by atoms with van der Waals surface area (Å²) in [5.74, 6) is -0.807. The molecule has 8 heteroatoms. The standard InChI is InChI=1S/C19H22N2O5S/c1-4-21-27(24,25)16-10-5-13(2)17(11-16)18(22)20-12-14-6-8-15(9-7-14)19(23)26-3/h5-11,21H,4,12H2,1-3H3,(H,20,22). The quantitative estimate of drug-likeness (QED) is 0.704. The molecule has 7 nitrogen and oxygen atoms in total. The lowest BCUT2D eigenvalue weighted by Gasteiger charge is -2.11. The first-order chi connectivity index (χ1) is 12.8. The van der Waals surface area contributed by atoms with E-state index in [9.17, 15) is 18.0 Å². The monoisotopic (exact) mass is 390 g/mol. The molecule has 2 N–H and O–H groups in total. The minimum Gasteiger partial charge on any atom is -0.465 e. The molecule has 27 heavy (non-hydrogen) atoms. The second-order valence-electron chi connectivity index (χ2n) is 5.85. The summed E-state index contributed by atoms with van der Waals surface area (Å²) in [5.41, 5.74) is 2.18. The van der Waals surface area contributed by atoms with Gasteiger partial charge in [0.05, 0.1) is 17.6 Å². The molecule has 0 spiro atoms. The molecule has 0 radical (unpaired) electrons. The van der Waals surface area contributed by atoms with Crippen molar-refractivity contribution < 1.29 is 22.7 Å². The molecule has 0 atom stereocenters. The Kier molecular flexibility index (Phi) is 6.70. The highest BCUT2D eigenvalue weighted by Crippen LogP contribution is 2.16. The predicted octanol–water partition coefficient (Wildman–Crippen LogP) is 2.01. The van der Waals surface area contributed by atoms with Crippen LogP contribution in [0.25, 0.3) is 0 Å². The Morgan fingerprint density at radius 3 is 2.33 bits per heavy atom. The summed E-state index contributed by atoms with van der Waals surface area (Å²) in [7, 11) is -2.33. The van der Waals surface area contributed by atoms with Crippen molar-refractivity contribution in [3.05, 3.63) is 64.7 Å². The van der Waals surface area contributed by atoms with Gasteiger partial charge in [0.1, 0.15) is 0 Å². The maximum atomic E-state index is 12.5. The van der Waals surface area contributed by atoms with E-state index in [0.29, 0.717) is 16.7 Å². The molecule has 0 heterocycles. The number of aryl methyl sites for hydroxylation is 1.